The topological polar surface area (TPSA) is 40.7 Å². The van der Waals surface area contributed by atoms with Crippen LogP contribution in [0.2, 0.25) is 0 Å². The van der Waals surface area contributed by atoms with E-state index in [2.05, 4.69) is 15.5 Å². The van der Waals surface area contributed by atoms with E-state index >= 15 is 4.39 Å². The van der Waals surface area contributed by atoms with Crippen molar-refractivity contribution >= 4 is 28.7 Å². The van der Waals surface area contributed by atoms with E-state index in [-0.39, 0.29) is 11.6 Å². The number of aromatic nitrogens is 2. The molecule has 39 heavy (non-hydrogen) atoms. The van der Waals surface area contributed by atoms with Crippen molar-refractivity contribution in [3.8, 4) is 0 Å². The molecule has 5 aromatic carbocycles. The zero-order chi connectivity index (χ0) is 26.7. The second-order valence-corrected chi connectivity index (χ2v) is 9.40. The van der Waals surface area contributed by atoms with Crippen LogP contribution in [0.3, 0.4) is 0 Å². The van der Waals surface area contributed by atoms with Gasteiger partial charge in [0.15, 0.2) is 0 Å². The molecule has 1 aromatic heterocycles. The Morgan fingerprint density at radius 3 is 2.00 bits per heavy atom. The number of benzene rings is 5. The number of nitrogens with one attached hydrogen (secondary N) is 2. The summed E-state index contributed by atoms with van der Waals surface area (Å²) in [7, 11) is 0. The summed E-state index contributed by atoms with van der Waals surface area (Å²) >= 11 is 0. The molecule has 0 aliphatic carbocycles. The molecule has 0 saturated heterocycles. The number of nitrogens with zero attached hydrogens (tertiary/aromatic N) is 1. The molecule has 6 rings (SSSR count). The fraction of sp³-hybridized carbons (Fsp3) is 0.0294. The predicted octanol–water partition coefficient (Wildman–Crippen LogP) is 8.42. The van der Waals surface area contributed by atoms with Crippen molar-refractivity contribution < 1.29 is 8.78 Å². The minimum absolute atomic E-state index is 0.286. The first-order valence-electron chi connectivity index (χ1n) is 12.7. The van der Waals surface area contributed by atoms with E-state index in [4.69, 9.17) is 0 Å². The number of hydrogen-bond acceptors (Lipinski definition) is 2. The highest BCUT2D eigenvalue weighted by atomic mass is 19.1. The number of H-pyrrole nitrogens is 1. The van der Waals surface area contributed by atoms with Crippen molar-refractivity contribution in [3.05, 3.63) is 167 Å². The van der Waals surface area contributed by atoms with Gasteiger partial charge in [0.25, 0.3) is 0 Å². The lowest BCUT2D eigenvalue weighted by Gasteiger charge is -2.38. The van der Waals surface area contributed by atoms with Gasteiger partial charge in [-0.1, -0.05) is 91.0 Å². The number of aromatic amines is 1. The van der Waals surface area contributed by atoms with Crippen molar-refractivity contribution in [1.29, 1.82) is 0 Å². The van der Waals surface area contributed by atoms with Crippen LogP contribution in [0.1, 0.15) is 27.8 Å². The van der Waals surface area contributed by atoms with E-state index in [1.165, 1.54) is 18.2 Å². The van der Waals surface area contributed by atoms with Gasteiger partial charge in [0, 0.05) is 16.6 Å². The molecule has 1 heterocycles. The number of anilines is 1. The highest BCUT2D eigenvalue weighted by Gasteiger charge is 2.39. The predicted molar refractivity (Wildman–Crippen MR) is 154 cm³/mol. The summed E-state index contributed by atoms with van der Waals surface area (Å²) in [5.74, 6) is -0.620. The van der Waals surface area contributed by atoms with Crippen LogP contribution in [0.15, 0.2) is 128 Å². The standard InChI is InChI=1S/C34H25F2N3/c35-29-16-13-24(14-17-29)11-12-25-15-19-32(36)31(21-25)34(27-7-3-1-4-8-27,28-9-5-2-6-10-28)38-30-18-20-33-26(22-30)23-37-39-33/h1-23,38H,(H,37,39)/b12-11+. The SMILES string of the molecule is Fc1ccc(/C=C/c2ccc(F)c(C(Nc3ccc4[nH]ncc4c3)(c3ccccc3)c3ccccc3)c2)cc1. The van der Waals surface area contributed by atoms with Crippen LogP contribution in [0.25, 0.3) is 23.1 Å². The average molecular weight is 514 g/mol. The molecule has 0 aliphatic rings. The maximum atomic E-state index is 16.0. The van der Waals surface area contributed by atoms with Gasteiger partial charge in [-0.05, 0) is 64.7 Å². The van der Waals surface area contributed by atoms with E-state index in [1.54, 1.807) is 24.4 Å². The van der Waals surface area contributed by atoms with Gasteiger partial charge < -0.3 is 5.32 Å². The normalized spacial score (nSPS) is 11.7. The van der Waals surface area contributed by atoms with Crippen LogP contribution >= 0.6 is 0 Å². The average Bonchev–Trinajstić information content (AvgIpc) is 3.45. The molecular weight excluding hydrogens is 488 g/mol. The van der Waals surface area contributed by atoms with Crippen LogP contribution in [0.5, 0.6) is 0 Å². The molecule has 0 unspecified atom stereocenters. The maximum absolute atomic E-state index is 16.0. The monoisotopic (exact) mass is 513 g/mol. The number of fused-ring (bicyclic) bond motifs is 1. The molecule has 190 valence electrons. The first-order valence-corrected chi connectivity index (χ1v) is 12.7. The fourth-order valence-electron chi connectivity index (χ4n) is 5.00. The molecular formula is C34H25F2N3. The van der Waals surface area contributed by atoms with Crippen molar-refractivity contribution in [1.82, 2.24) is 10.2 Å². The second kappa shape index (κ2) is 10.4. The van der Waals surface area contributed by atoms with Gasteiger partial charge in [-0.3, -0.25) is 5.10 Å². The van der Waals surface area contributed by atoms with E-state index in [0.29, 0.717) is 5.56 Å². The van der Waals surface area contributed by atoms with Crippen LogP contribution in [0, 0.1) is 11.6 Å². The zero-order valence-electron chi connectivity index (χ0n) is 21.0. The second-order valence-electron chi connectivity index (χ2n) is 9.40. The molecule has 6 aromatic rings. The Morgan fingerprint density at radius 2 is 1.31 bits per heavy atom. The Morgan fingerprint density at radius 1 is 0.667 bits per heavy atom. The van der Waals surface area contributed by atoms with Gasteiger partial charge in [0.1, 0.15) is 17.2 Å². The molecule has 0 fully saturated rings. The number of rotatable bonds is 7. The van der Waals surface area contributed by atoms with Crippen LogP contribution in [0.4, 0.5) is 14.5 Å². The minimum atomic E-state index is -1.05. The lowest BCUT2D eigenvalue weighted by atomic mass is 9.76. The lowest BCUT2D eigenvalue weighted by Crippen LogP contribution is -2.39. The smallest absolute Gasteiger partial charge is 0.129 e. The quantitative estimate of drug-likeness (QED) is 0.166. The summed E-state index contributed by atoms with van der Waals surface area (Å²) < 4.78 is 29.4. The van der Waals surface area contributed by atoms with Crippen molar-refractivity contribution in [2.45, 2.75) is 5.54 Å². The Balaban J connectivity index is 1.55. The Labute approximate surface area is 225 Å². The van der Waals surface area contributed by atoms with Gasteiger partial charge >= 0.3 is 0 Å². The third-order valence-electron chi connectivity index (χ3n) is 6.92. The molecule has 0 bridgehead atoms. The summed E-state index contributed by atoms with van der Waals surface area (Å²) in [4.78, 5) is 0. The molecule has 0 radical (unpaired) electrons. The summed E-state index contributed by atoms with van der Waals surface area (Å²) in [5.41, 5.74) is 4.62. The largest absolute Gasteiger partial charge is 0.368 e. The number of hydrogen-bond donors (Lipinski definition) is 2. The van der Waals surface area contributed by atoms with E-state index < -0.39 is 5.54 Å². The third kappa shape index (κ3) is 4.82. The van der Waals surface area contributed by atoms with Crippen LogP contribution in [-0.4, -0.2) is 10.2 Å². The lowest BCUT2D eigenvalue weighted by molar-refractivity contribution is 0.573. The summed E-state index contributed by atoms with van der Waals surface area (Å²) in [6.07, 6.45) is 5.58. The maximum Gasteiger partial charge on any atom is 0.129 e. The summed E-state index contributed by atoms with van der Waals surface area (Å²) in [6, 6.07) is 37.1. The van der Waals surface area contributed by atoms with Crippen molar-refractivity contribution in [2.24, 2.45) is 0 Å². The van der Waals surface area contributed by atoms with Crippen LogP contribution < -0.4 is 5.32 Å². The van der Waals surface area contributed by atoms with Crippen molar-refractivity contribution in [3.63, 3.8) is 0 Å². The first kappa shape index (κ1) is 24.3. The molecule has 0 aliphatic heterocycles. The number of halogens is 2. The third-order valence-corrected chi connectivity index (χ3v) is 6.92. The molecule has 0 atom stereocenters. The van der Waals surface area contributed by atoms with Gasteiger partial charge in [0.05, 0.1) is 11.7 Å². The molecule has 5 heteroatoms. The summed E-state index contributed by atoms with van der Waals surface area (Å²) in [5, 5.41) is 11.8. The van der Waals surface area contributed by atoms with E-state index in [0.717, 1.165) is 38.8 Å². The Kier molecular flexibility index (Phi) is 6.47. The molecule has 3 nitrogen and oxygen atoms in total. The first-order chi connectivity index (χ1) is 19.1. The van der Waals surface area contributed by atoms with Crippen LogP contribution in [-0.2, 0) is 5.54 Å². The zero-order valence-corrected chi connectivity index (χ0v) is 21.0. The molecule has 0 spiro atoms. The van der Waals surface area contributed by atoms with Gasteiger partial charge in [-0.25, -0.2) is 8.78 Å². The fourth-order valence-corrected chi connectivity index (χ4v) is 5.00. The van der Waals surface area contributed by atoms with Gasteiger partial charge in [-0.2, -0.15) is 5.10 Å². The van der Waals surface area contributed by atoms with Crippen molar-refractivity contribution in [2.75, 3.05) is 5.32 Å². The highest BCUT2D eigenvalue weighted by Crippen LogP contribution is 2.42. The minimum Gasteiger partial charge on any atom is -0.368 e. The molecule has 0 amide bonds. The van der Waals surface area contributed by atoms with Gasteiger partial charge in [0.2, 0.25) is 0 Å². The van der Waals surface area contributed by atoms with Gasteiger partial charge in [-0.15, -0.1) is 0 Å². The van der Waals surface area contributed by atoms with E-state index in [1.807, 2.05) is 97.1 Å². The van der Waals surface area contributed by atoms with E-state index in [9.17, 15) is 4.39 Å². The highest BCUT2D eigenvalue weighted by molar-refractivity contribution is 5.82. The Hall–Kier alpha value is -5.03. The molecule has 2 N–H and O–H groups in total. The molecule has 0 saturated carbocycles. The summed E-state index contributed by atoms with van der Waals surface area (Å²) in [6.45, 7) is 0. The Bertz CT molecular complexity index is 1700.